The molecule has 4 nitrogen and oxygen atoms in total. The third-order valence-electron chi connectivity index (χ3n) is 3.24. The molecule has 1 atom stereocenters. The van der Waals surface area contributed by atoms with Crippen LogP contribution < -0.4 is 0 Å². The molecule has 0 bridgehead atoms. The van der Waals surface area contributed by atoms with Crippen LogP contribution in [0.2, 0.25) is 0 Å². The van der Waals surface area contributed by atoms with Crippen LogP contribution in [0.15, 0.2) is 36.5 Å². The van der Waals surface area contributed by atoms with E-state index in [1.807, 2.05) is 20.8 Å². The van der Waals surface area contributed by atoms with Gasteiger partial charge in [0, 0.05) is 12.1 Å². The third kappa shape index (κ3) is 4.56. The summed E-state index contributed by atoms with van der Waals surface area (Å²) >= 11 is 0. The molecule has 0 spiro atoms. The zero-order chi connectivity index (χ0) is 16.3. The Bertz CT molecular complexity index is 548. The lowest BCUT2D eigenvalue weighted by molar-refractivity contribution is 0.0203. The molecule has 2 rings (SSSR count). The molecule has 120 valence electrons. The molecule has 22 heavy (non-hydrogen) atoms. The number of amides is 1. The minimum atomic E-state index is -0.537. The first kappa shape index (κ1) is 16.5. The number of nitrogens with zero attached hydrogens (tertiary/aromatic N) is 1. The number of likely N-dealkylation sites (tertiary alicyclic amines) is 1. The molecule has 0 N–H and O–H groups in total. The molecule has 0 radical (unpaired) electrons. The molecule has 5 heteroatoms. The lowest BCUT2D eigenvalue weighted by atomic mass is 10.2. The van der Waals surface area contributed by atoms with Crippen molar-refractivity contribution in [1.82, 2.24) is 4.90 Å². The van der Waals surface area contributed by atoms with Crippen LogP contribution in [-0.4, -0.2) is 29.2 Å². The Morgan fingerprint density at radius 3 is 2.59 bits per heavy atom. The van der Waals surface area contributed by atoms with E-state index < -0.39 is 11.7 Å². The highest BCUT2D eigenvalue weighted by molar-refractivity contribution is 5.71. The van der Waals surface area contributed by atoms with Gasteiger partial charge in [-0.05, 0) is 38.5 Å². The second-order valence-corrected chi connectivity index (χ2v) is 6.42. The Labute approximate surface area is 130 Å². The van der Waals surface area contributed by atoms with Gasteiger partial charge in [-0.3, -0.25) is 4.90 Å². The standard InChI is InChI=1S/C17H22FNO3/c1-12-9-15(10-19(12)16(20)22-17(2,3)4)21-11-13-5-7-14(18)8-6-13/h5-8,15H,1,9-11H2,2-4H3. The fraction of sp³-hybridized carbons (Fsp3) is 0.471. The maximum atomic E-state index is 12.8. The lowest BCUT2D eigenvalue weighted by Crippen LogP contribution is -2.35. The van der Waals surface area contributed by atoms with E-state index in [-0.39, 0.29) is 11.9 Å². The largest absolute Gasteiger partial charge is 0.443 e. The fourth-order valence-corrected chi connectivity index (χ4v) is 2.20. The van der Waals surface area contributed by atoms with Crippen LogP contribution >= 0.6 is 0 Å². The molecule has 1 aromatic carbocycles. The van der Waals surface area contributed by atoms with E-state index in [1.165, 1.54) is 17.0 Å². The number of hydrogen-bond donors (Lipinski definition) is 0. The Hall–Kier alpha value is -1.88. The van der Waals surface area contributed by atoms with Gasteiger partial charge in [0.25, 0.3) is 0 Å². The van der Waals surface area contributed by atoms with Gasteiger partial charge >= 0.3 is 6.09 Å². The minimum absolute atomic E-state index is 0.120. The zero-order valence-corrected chi connectivity index (χ0v) is 13.3. The molecule has 0 aromatic heterocycles. The molecule has 1 fully saturated rings. The Morgan fingerprint density at radius 1 is 1.36 bits per heavy atom. The summed E-state index contributed by atoms with van der Waals surface area (Å²) in [6.45, 7) is 10.2. The Kier molecular flexibility index (Phi) is 4.86. The Balaban J connectivity index is 1.86. The quantitative estimate of drug-likeness (QED) is 0.851. The first-order valence-electron chi connectivity index (χ1n) is 7.29. The summed E-state index contributed by atoms with van der Waals surface area (Å²) in [4.78, 5) is 13.6. The molecule has 1 aliphatic heterocycles. The molecule has 1 amide bonds. The summed E-state index contributed by atoms with van der Waals surface area (Å²) in [6, 6.07) is 6.17. The monoisotopic (exact) mass is 307 g/mol. The van der Waals surface area contributed by atoms with Crippen LogP contribution in [0.1, 0.15) is 32.8 Å². The van der Waals surface area contributed by atoms with Gasteiger partial charge in [-0.1, -0.05) is 18.7 Å². The maximum Gasteiger partial charge on any atom is 0.414 e. The summed E-state index contributed by atoms with van der Waals surface area (Å²) < 4.78 is 24.0. The second kappa shape index (κ2) is 6.48. The van der Waals surface area contributed by atoms with Crippen LogP contribution in [0.5, 0.6) is 0 Å². The van der Waals surface area contributed by atoms with Crippen molar-refractivity contribution in [2.45, 2.75) is 45.5 Å². The predicted octanol–water partition coefficient (Wildman–Crippen LogP) is 3.87. The van der Waals surface area contributed by atoms with E-state index in [2.05, 4.69) is 6.58 Å². The van der Waals surface area contributed by atoms with Crippen molar-refractivity contribution in [3.8, 4) is 0 Å². The van der Waals surface area contributed by atoms with E-state index in [1.54, 1.807) is 12.1 Å². The molecular formula is C17H22FNO3. The fourth-order valence-electron chi connectivity index (χ4n) is 2.20. The second-order valence-electron chi connectivity index (χ2n) is 6.42. The summed E-state index contributed by atoms with van der Waals surface area (Å²) in [6.07, 6.45) is 0.0657. The first-order chi connectivity index (χ1) is 10.2. The Morgan fingerprint density at radius 2 is 2.00 bits per heavy atom. The number of carbonyl (C=O) groups excluding carboxylic acids is 1. The van der Waals surface area contributed by atoms with Gasteiger partial charge in [0.2, 0.25) is 0 Å². The van der Waals surface area contributed by atoms with Crippen molar-refractivity contribution >= 4 is 6.09 Å². The lowest BCUT2D eigenvalue weighted by Gasteiger charge is -2.24. The van der Waals surface area contributed by atoms with Crippen molar-refractivity contribution in [3.05, 3.63) is 47.9 Å². The average Bonchev–Trinajstić information content (AvgIpc) is 2.77. The summed E-state index contributed by atoms with van der Waals surface area (Å²) in [5, 5.41) is 0. The van der Waals surface area contributed by atoms with Gasteiger partial charge in [0.15, 0.2) is 0 Å². The van der Waals surface area contributed by atoms with Crippen LogP contribution in [0.4, 0.5) is 9.18 Å². The third-order valence-corrected chi connectivity index (χ3v) is 3.24. The van der Waals surface area contributed by atoms with E-state index >= 15 is 0 Å². The first-order valence-corrected chi connectivity index (χ1v) is 7.29. The van der Waals surface area contributed by atoms with E-state index in [9.17, 15) is 9.18 Å². The topological polar surface area (TPSA) is 38.8 Å². The average molecular weight is 307 g/mol. The van der Waals surface area contributed by atoms with Crippen molar-refractivity contribution in [2.75, 3.05) is 6.54 Å². The van der Waals surface area contributed by atoms with Gasteiger partial charge in [-0.25, -0.2) is 9.18 Å². The minimum Gasteiger partial charge on any atom is -0.443 e. The van der Waals surface area contributed by atoms with Gasteiger partial charge in [0.1, 0.15) is 11.4 Å². The summed E-state index contributed by atoms with van der Waals surface area (Å²) in [5.41, 5.74) is 1.05. The number of benzene rings is 1. The molecule has 0 saturated carbocycles. The highest BCUT2D eigenvalue weighted by Gasteiger charge is 2.33. The van der Waals surface area contributed by atoms with Crippen molar-refractivity contribution < 1.29 is 18.7 Å². The molecule has 1 unspecified atom stereocenters. The van der Waals surface area contributed by atoms with Gasteiger partial charge in [-0.15, -0.1) is 0 Å². The van der Waals surface area contributed by atoms with Gasteiger partial charge < -0.3 is 9.47 Å². The maximum absolute atomic E-state index is 12.8. The van der Waals surface area contributed by atoms with Crippen LogP contribution in [0.25, 0.3) is 0 Å². The van der Waals surface area contributed by atoms with E-state index in [0.717, 1.165) is 5.56 Å². The number of rotatable bonds is 3. The van der Waals surface area contributed by atoms with E-state index in [4.69, 9.17) is 9.47 Å². The molecule has 1 saturated heterocycles. The van der Waals surface area contributed by atoms with Crippen LogP contribution in [0.3, 0.4) is 0 Å². The zero-order valence-electron chi connectivity index (χ0n) is 13.3. The summed E-state index contributed by atoms with van der Waals surface area (Å²) in [7, 11) is 0. The van der Waals surface area contributed by atoms with Gasteiger partial charge in [0.05, 0.1) is 19.3 Å². The highest BCUT2D eigenvalue weighted by Crippen LogP contribution is 2.25. The van der Waals surface area contributed by atoms with Crippen LogP contribution in [0, 0.1) is 5.82 Å². The van der Waals surface area contributed by atoms with Crippen molar-refractivity contribution in [2.24, 2.45) is 0 Å². The molecule has 1 aromatic rings. The predicted molar refractivity (Wildman–Crippen MR) is 81.7 cm³/mol. The summed E-state index contributed by atoms with van der Waals surface area (Å²) in [5.74, 6) is -0.269. The van der Waals surface area contributed by atoms with E-state index in [0.29, 0.717) is 25.3 Å². The number of hydrogen-bond acceptors (Lipinski definition) is 3. The molecule has 1 heterocycles. The number of halogens is 1. The van der Waals surface area contributed by atoms with Crippen LogP contribution in [-0.2, 0) is 16.1 Å². The molecule has 0 aliphatic carbocycles. The van der Waals surface area contributed by atoms with Crippen molar-refractivity contribution in [1.29, 1.82) is 0 Å². The number of ether oxygens (including phenoxy) is 2. The molecule has 1 aliphatic rings. The molecular weight excluding hydrogens is 285 g/mol. The van der Waals surface area contributed by atoms with Gasteiger partial charge in [-0.2, -0.15) is 0 Å². The highest BCUT2D eigenvalue weighted by atomic mass is 19.1. The smallest absolute Gasteiger partial charge is 0.414 e. The van der Waals surface area contributed by atoms with Crippen molar-refractivity contribution in [3.63, 3.8) is 0 Å². The number of carbonyl (C=O) groups is 1. The normalized spacial score (nSPS) is 18.6. The SMILES string of the molecule is C=C1CC(OCc2ccc(F)cc2)CN1C(=O)OC(C)(C)C.